The van der Waals surface area contributed by atoms with E-state index in [1.165, 1.54) is 23.0 Å². The summed E-state index contributed by atoms with van der Waals surface area (Å²) < 4.78 is 0. The molecular weight excluding hydrogens is 520 g/mol. The van der Waals surface area contributed by atoms with Crippen molar-refractivity contribution in [1.82, 2.24) is 4.90 Å². The maximum atomic E-state index is 13.8. The lowest BCUT2D eigenvalue weighted by Crippen LogP contribution is -2.31. The molecule has 0 aromatic heterocycles. The molecule has 8 heteroatoms. The first-order valence-electron chi connectivity index (χ1n) is 12.4. The summed E-state index contributed by atoms with van der Waals surface area (Å²) in [5, 5.41) is 2.31. The lowest BCUT2D eigenvalue weighted by atomic mass is 10.1. The summed E-state index contributed by atoms with van der Waals surface area (Å²) in [4.78, 5) is 26.7. The summed E-state index contributed by atoms with van der Waals surface area (Å²) in [5.74, 6) is -0.00676. The van der Waals surface area contributed by atoms with Crippen LogP contribution in [0.5, 0.6) is 0 Å². The molecule has 0 spiro atoms. The van der Waals surface area contributed by atoms with Crippen LogP contribution in [0.2, 0.25) is 5.02 Å². The normalized spacial score (nSPS) is 18.2. The number of hydrogen-bond donors (Lipinski definition) is 0. The zero-order valence-electron chi connectivity index (χ0n) is 21.1. The van der Waals surface area contributed by atoms with Crippen LogP contribution in [-0.2, 0) is 11.2 Å². The highest BCUT2D eigenvalue weighted by Gasteiger charge is 2.39. The van der Waals surface area contributed by atoms with Gasteiger partial charge in [-0.25, -0.2) is 4.99 Å². The van der Waals surface area contributed by atoms with Gasteiger partial charge in [0.1, 0.15) is 4.91 Å². The second-order valence-electron chi connectivity index (χ2n) is 8.78. The highest BCUT2D eigenvalue weighted by Crippen LogP contribution is 2.50. The number of benzene rings is 3. The largest absolute Gasteiger partial charge is 0.372 e. The molecule has 2 heterocycles. The lowest BCUT2D eigenvalue weighted by Gasteiger charge is -2.21. The van der Waals surface area contributed by atoms with Crippen molar-refractivity contribution in [2.45, 2.75) is 25.2 Å². The standard InChI is InChI=1S/C29H29ClN4OS2/c1-4-33(5-2)23-14-12-22(13-15-23)31-29-34(18-17-20-9-7-6-8-10-20)27(35)26(37-29)28-32(3)24-19-21(30)11-16-25(24)36-28/h6-16,19H,4-5,17-18H2,1-3H3. The molecule has 2 aliphatic heterocycles. The van der Waals surface area contributed by atoms with Crippen molar-refractivity contribution in [1.29, 1.82) is 0 Å². The van der Waals surface area contributed by atoms with Gasteiger partial charge < -0.3 is 9.80 Å². The van der Waals surface area contributed by atoms with E-state index in [4.69, 9.17) is 16.6 Å². The summed E-state index contributed by atoms with van der Waals surface area (Å²) in [7, 11) is 1.99. The number of amides is 1. The first kappa shape index (κ1) is 25.8. The number of halogens is 1. The average Bonchev–Trinajstić information content (AvgIpc) is 3.40. The Balaban J connectivity index is 1.47. The zero-order chi connectivity index (χ0) is 25.9. The highest BCUT2D eigenvalue weighted by molar-refractivity contribution is 8.19. The fraction of sp³-hybridized carbons (Fsp3) is 0.241. The van der Waals surface area contributed by atoms with E-state index in [9.17, 15) is 4.79 Å². The number of thioether (sulfide) groups is 2. The summed E-state index contributed by atoms with van der Waals surface area (Å²) in [6.45, 7) is 6.79. The summed E-state index contributed by atoms with van der Waals surface area (Å²) in [5.41, 5.74) is 4.22. The van der Waals surface area contributed by atoms with Crippen molar-refractivity contribution in [3.63, 3.8) is 0 Å². The van der Waals surface area contributed by atoms with Crippen molar-refractivity contribution in [2.24, 2.45) is 4.99 Å². The molecule has 5 rings (SSSR count). The maximum Gasteiger partial charge on any atom is 0.269 e. The maximum absolute atomic E-state index is 13.8. The van der Waals surface area contributed by atoms with Gasteiger partial charge in [-0.3, -0.25) is 9.69 Å². The molecule has 1 saturated heterocycles. The minimum absolute atomic E-state index is 0.00676. The molecule has 0 atom stereocenters. The molecule has 37 heavy (non-hydrogen) atoms. The van der Waals surface area contributed by atoms with E-state index < -0.39 is 0 Å². The number of hydrogen-bond acceptors (Lipinski definition) is 6. The molecule has 2 aliphatic rings. The third kappa shape index (κ3) is 5.40. The molecule has 3 aromatic carbocycles. The SMILES string of the molecule is CCN(CC)c1ccc(N=C2SC(=C3Sc4ccc(Cl)cc4N3C)C(=O)N2CCc2ccccc2)cc1. The number of amidine groups is 1. The summed E-state index contributed by atoms with van der Waals surface area (Å²) in [6, 6.07) is 24.4. The molecule has 0 aliphatic carbocycles. The van der Waals surface area contributed by atoms with E-state index in [-0.39, 0.29) is 5.91 Å². The van der Waals surface area contributed by atoms with Crippen molar-refractivity contribution in [3.05, 3.63) is 93.3 Å². The van der Waals surface area contributed by atoms with Crippen LogP contribution in [0.1, 0.15) is 19.4 Å². The van der Waals surface area contributed by atoms with Gasteiger partial charge in [0, 0.05) is 42.3 Å². The minimum atomic E-state index is -0.00676. The smallest absolute Gasteiger partial charge is 0.269 e. The number of aliphatic imine (C=N–C) groups is 1. The van der Waals surface area contributed by atoms with E-state index in [0.717, 1.165) is 40.8 Å². The molecule has 1 amide bonds. The average molecular weight is 549 g/mol. The minimum Gasteiger partial charge on any atom is -0.372 e. The van der Waals surface area contributed by atoms with Crippen LogP contribution in [0.25, 0.3) is 0 Å². The van der Waals surface area contributed by atoms with Crippen molar-refractivity contribution in [3.8, 4) is 0 Å². The predicted molar refractivity (Wildman–Crippen MR) is 159 cm³/mol. The summed E-state index contributed by atoms with van der Waals surface area (Å²) >= 11 is 9.31. The molecular formula is C29H29ClN4OS2. The molecule has 0 bridgehead atoms. The first-order chi connectivity index (χ1) is 18.0. The molecule has 3 aromatic rings. The number of rotatable bonds is 7. The van der Waals surface area contributed by atoms with E-state index in [2.05, 4.69) is 47.9 Å². The Morgan fingerprint density at radius 2 is 1.68 bits per heavy atom. The Labute approximate surface area is 232 Å². The third-order valence-corrected chi connectivity index (χ3v) is 9.19. The third-order valence-electron chi connectivity index (χ3n) is 6.52. The van der Waals surface area contributed by atoms with Crippen LogP contribution in [0.15, 0.2) is 92.6 Å². The van der Waals surface area contributed by atoms with Crippen LogP contribution >= 0.6 is 35.1 Å². The van der Waals surface area contributed by atoms with Gasteiger partial charge in [0.05, 0.1) is 16.4 Å². The Kier molecular flexibility index (Phi) is 7.84. The monoisotopic (exact) mass is 548 g/mol. The van der Waals surface area contributed by atoms with E-state index >= 15 is 0 Å². The zero-order valence-corrected chi connectivity index (χ0v) is 23.5. The van der Waals surface area contributed by atoms with Gasteiger partial charge >= 0.3 is 0 Å². The van der Waals surface area contributed by atoms with Gasteiger partial charge in [-0.2, -0.15) is 0 Å². The molecule has 0 radical (unpaired) electrons. The second-order valence-corrected chi connectivity index (χ2v) is 11.2. The van der Waals surface area contributed by atoms with Crippen LogP contribution in [0, 0.1) is 0 Å². The topological polar surface area (TPSA) is 39.1 Å². The molecule has 0 N–H and O–H groups in total. The van der Waals surface area contributed by atoms with Gasteiger partial charge in [0.15, 0.2) is 5.17 Å². The molecule has 0 unspecified atom stereocenters. The number of nitrogens with zero attached hydrogens (tertiary/aromatic N) is 4. The quantitative estimate of drug-likeness (QED) is 0.288. The lowest BCUT2D eigenvalue weighted by molar-refractivity contribution is -0.122. The molecule has 190 valence electrons. The highest BCUT2D eigenvalue weighted by atomic mass is 35.5. The van der Waals surface area contributed by atoms with Crippen molar-refractivity contribution >= 4 is 63.3 Å². The molecule has 0 saturated carbocycles. The molecule has 1 fully saturated rings. The van der Waals surface area contributed by atoms with E-state index in [1.807, 2.05) is 60.5 Å². The Hall–Kier alpha value is -2.87. The van der Waals surface area contributed by atoms with Gasteiger partial charge in [-0.1, -0.05) is 53.7 Å². The number of carbonyl (C=O) groups is 1. The Morgan fingerprint density at radius 3 is 2.38 bits per heavy atom. The second kappa shape index (κ2) is 11.3. The van der Waals surface area contributed by atoms with E-state index in [1.54, 1.807) is 11.8 Å². The number of carbonyl (C=O) groups excluding carboxylic acids is 1. The number of fused-ring (bicyclic) bond motifs is 1. The van der Waals surface area contributed by atoms with Crippen LogP contribution in [0.3, 0.4) is 0 Å². The van der Waals surface area contributed by atoms with Crippen LogP contribution < -0.4 is 9.80 Å². The summed E-state index contributed by atoms with van der Waals surface area (Å²) in [6.07, 6.45) is 0.758. The van der Waals surface area contributed by atoms with Gasteiger partial charge in [-0.05, 0) is 80.1 Å². The predicted octanol–water partition coefficient (Wildman–Crippen LogP) is 7.40. The van der Waals surface area contributed by atoms with Crippen LogP contribution in [0.4, 0.5) is 17.1 Å². The van der Waals surface area contributed by atoms with Gasteiger partial charge in [0.2, 0.25) is 0 Å². The van der Waals surface area contributed by atoms with E-state index in [0.29, 0.717) is 21.6 Å². The Morgan fingerprint density at radius 1 is 0.946 bits per heavy atom. The van der Waals surface area contributed by atoms with Crippen LogP contribution in [-0.4, -0.2) is 42.7 Å². The van der Waals surface area contributed by atoms with Gasteiger partial charge in [0.25, 0.3) is 5.91 Å². The van der Waals surface area contributed by atoms with Gasteiger partial charge in [-0.15, -0.1) is 0 Å². The van der Waals surface area contributed by atoms with Crippen molar-refractivity contribution in [2.75, 3.05) is 36.5 Å². The fourth-order valence-electron chi connectivity index (χ4n) is 4.46. The fourth-order valence-corrected chi connectivity index (χ4v) is 6.97. The number of anilines is 2. The first-order valence-corrected chi connectivity index (χ1v) is 14.4. The van der Waals surface area contributed by atoms with Crippen molar-refractivity contribution < 1.29 is 4.79 Å². The molecule has 5 nitrogen and oxygen atoms in total. The Bertz CT molecular complexity index is 1350.